The molecule has 2 saturated heterocycles. The van der Waals surface area contributed by atoms with Crippen LogP contribution in [0.5, 0.6) is 0 Å². The number of nitrogens with two attached hydrogens (primary N) is 1. The van der Waals surface area contributed by atoms with E-state index in [2.05, 4.69) is 34.0 Å². The molecule has 98 valence electrons. The van der Waals surface area contributed by atoms with Crippen LogP contribution in [0.3, 0.4) is 0 Å². The summed E-state index contributed by atoms with van der Waals surface area (Å²) in [6.45, 7) is 5.45. The zero-order chi connectivity index (χ0) is 12.5. The van der Waals surface area contributed by atoms with Crippen molar-refractivity contribution in [3.8, 4) is 0 Å². The Bertz CT molecular complexity index is 378. The molecule has 1 aromatic heterocycles. The Hall–Kier alpha value is -0.970. The van der Waals surface area contributed by atoms with Gasteiger partial charge in [0.15, 0.2) is 0 Å². The third-order valence-corrected chi connectivity index (χ3v) is 4.28. The fourth-order valence-electron chi connectivity index (χ4n) is 3.45. The third-order valence-electron chi connectivity index (χ3n) is 4.28. The smallest absolute Gasteiger partial charge is 0.0543 e. The van der Waals surface area contributed by atoms with Gasteiger partial charge in [-0.3, -0.25) is 9.88 Å². The molecule has 0 spiro atoms. The van der Waals surface area contributed by atoms with Crippen molar-refractivity contribution in [2.75, 3.05) is 33.2 Å². The number of fused-ring (bicyclic) bond motifs is 2. The van der Waals surface area contributed by atoms with E-state index in [1.807, 2.05) is 12.3 Å². The van der Waals surface area contributed by atoms with E-state index < -0.39 is 0 Å². The largest absolute Gasteiger partial charge is 0.327 e. The molecule has 2 aliphatic rings. The summed E-state index contributed by atoms with van der Waals surface area (Å²) in [6.07, 6.45) is 1.87. The minimum atomic E-state index is 0.390. The molecule has 18 heavy (non-hydrogen) atoms. The summed E-state index contributed by atoms with van der Waals surface area (Å²) in [5.74, 6) is 1.23. The number of rotatable bonds is 2. The van der Waals surface area contributed by atoms with Gasteiger partial charge in [0.25, 0.3) is 0 Å². The summed E-state index contributed by atoms with van der Waals surface area (Å²) in [7, 11) is 2.21. The molecule has 2 N–H and O–H groups in total. The number of hydrogen-bond acceptors (Lipinski definition) is 4. The molecule has 4 nitrogen and oxygen atoms in total. The third kappa shape index (κ3) is 2.41. The second-order valence-electron chi connectivity index (χ2n) is 5.83. The normalized spacial score (nSPS) is 33.6. The van der Waals surface area contributed by atoms with E-state index in [-0.39, 0.29) is 0 Å². The van der Waals surface area contributed by atoms with E-state index >= 15 is 0 Å². The maximum atomic E-state index is 6.33. The van der Waals surface area contributed by atoms with E-state index in [1.165, 1.54) is 5.69 Å². The maximum absolute atomic E-state index is 6.33. The minimum absolute atomic E-state index is 0.390. The Morgan fingerprint density at radius 2 is 1.94 bits per heavy atom. The second-order valence-corrected chi connectivity index (χ2v) is 5.83. The zero-order valence-corrected chi connectivity index (χ0v) is 11.0. The predicted molar refractivity (Wildman–Crippen MR) is 72.0 cm³/mol. The van der Waals surface area contributed by atoms with Crippen LogP contribution < -0.4 is 5.73 Å². The van der Waals surface area contributed by atoms with Crippen molar-refractivity contribution in [1.82, 2.24) is 14.8 Å². The SMILES string of the molecule is CN1CC2CN(Cc3ccccn3)CC(C1)C2N. The van der Waals surface area contributed by atoms with Crippen LogP contribution in [0, 0.1) is 11.8 Å². The lowest BCUT2D eigenvalue weighted by Crippen LogP contribution is -2.62. The quantitative estimate of drug-likeness (QED) is 0.820. The summed E-state index contributed by atoms with van der Waals surface area (Å²) in [6, 6.07) is 6.53. The zero-order valence-electron chi connectivity index (χ0n) is 11.0. The van der Waals surface area contributed by atoms with Crippen LogP contribution in [0.25, 0.3) is 0 Å². The molecule has 2 atom stereocenters. The molecular weight excluding hydrogens is 224 g/mol. The number of piperidine rings is 2. The van der Waals surface area contributed by atoms with E-state index in [0.717, 1.165) is 32.7 Å². The molecule has 3 rings (SSSR count). The minimum Gasteiger partial charge on any atom is -0.327 e. The highest BCUT2D eigenvalue weighted by Crippen LogP contribution is 2.27. The predicted octanol–water partition coefficient (Wildman–Crippen LogP) is 0.402. The molecule has 2 unspecified atom stereocenters. The van der Waals surface area contributed by atoms with Crippen LogP contribution in [-0.4, -0.2) is 54.1 Å². The van der Waals surface area contributed by atoms with Gasteiger partial charge in [-0.25, -0.2) is 0 Å². The fraction of sp³-hybridized carbons (Fsp3) is 0.643. The van der Waals surface area contributed by atoms with Crippen molar-refractivity contribution >= 4 is 0 Å². The lowest BCUT2D eigenvalue weighted by molar-refractivity contribution is 0.0197. The molecule has 1 aromatic rings. The van der Waals surface area contributed by atoms with Crippen molar-refractivity contribution in [3.63, 3.8) is 0 Å². The van der Waals surface area contributed by atoms with Gasteiger partial charge in [0.1, 0.15) is 0 Å². The second kappa shape index (κ2) is 4.96. The van der Waals surface area contributed by atoms with Crippen LogP contribution in [0.2, 0.25) is 0 Å². The molecule has 0 aromatic carbocycles. The monoisotopic (exact) mass is 246 g/mol. The molecule has 0 aliphatic carbocycles. The van der Waals surface area contributed by atoms with Crippen molar-refractivity contribution in [1.29, 1.82) is 0 Å². The maximum Gasteiger partial charge on any atom is 0.0543 e. The average Bonchev–Trinajstić information content (AvgIpc) is 2.33. The molecule has 0 amide bonds. The summed E-state index contributed by atoms with van der Waals surface area (Å²) < 4.78 is 0. The van der Waals surface area contributed by atoms with Crippen molar-refractivity contribution < 1.29 is 0 Å². The first-order valence-electron chi connectivity index (χ1n) is 6.79. The molecule has 2 aliphatic heterocycles. The van der Waals surface area contributed by atoms with Gasteiger partial charge in [-0.15, -0.1) is 0 Å². The van der Waals surface area contributed by atoms with E-state index in [0.29, 0.717) is 17.9 Å². The Labute approximate surface area is 109 Å². The summed E-state index contributed by atoms with van der Waals surface area (Å²) in [5, 5.41) is 0. The van der Waals surface area contributed by atoms with Gasteiger partial charge in [-0.1, -0.05) is 6.07 Å². The van der Waals surface area contributed by atoms with Gasteiger partial charge in [0.2, 0.25) is 0 Å². The highest BCUT2D eigenvalue weighted by atomic mass is 15.2. The fourth-order valence-corrected chi connectivity index (χ4v) is 3.45. The first-order valence-corrected chi connectivity index (χ1v) is 6.79. The number of likely N-dealkylation sites (tertiary alicyclic amines) is 2. The Morgan fingerprint density at radius 1 is 1.22 bits per heavy atom. The Kier molecular flexibility index (Phi) is 3.33. The van der Waals surface area contributed by atoms with Crippen LogP contribution in [0.4, 0.5) is 0 Å². The Morgan fingerprint density at radius 3 is 2.56 bits per heavy atom. The summed E-state index contributed by atoms with van der Waals surface area (Å²) in [5.41, 5.74) is 7.50. The first-order chi connectivity index (χ1) is 8.72. The lowest BCUT2D eigenvalue weighted by atomic mass is 9.80. The highest BCUT2D eigenvalue weighted by molar-refractivity contribution is 5.04. The molecule has 4 heteroatoms. The lowest BCUT2D eigenvalue weighted by Gasteiger charge is -2.48. The van der Waals surface area contributed by atoms with Gasteiger partial charge in [-0.2, -0.15) is 0 Å². The average molecular weight is 246 g/mol. The molecule has 2 fully saturated rings. The number of nitrogens with zero attached hydrogens (tertiary/aromatic N) is 3. The van der Waals surface area contributed by atoms with Gasteiger partial charge >= 0.3 is 0 Å². The number of pyridine rings is 1. The van der Waals surface area contributed by atoms with Crippen molar-refractivity contribution in [2.45, 2.75) is 12.6 Å². The van der Waals surface area contributed by atoms with Gasteiger partial charge in [-0.05, 0) is 31.0 Å². The van der Waals surface area contributed by atoms with Crippen LogP contribution in [-0.2, 0) is 6.54 Å². The first kappa shape index (κ1) is 12.1. The van der Waals surface area contributed by atoms with Gasteiger partial charge < -0.3 is 10.6 Å². The van der Waals surface area contributed by atoms with E-state index in [1.54, 1.807) is 0 Å². The van der Waals surface area contributed by atoms with Gasteiger partial charge in [0, 0.05) is 45.0 Å². The van der Waals surface area contributed by atoms with E-state index in [9.17, 15) is 0 Å². The van der Waals surface area contributed by atoms with E-state index in [4.69, 9.17) is 5.73 Å². The summed E-state index contributed by atoms with van der Waals surface area (Å²) in [4.78, 5) is 9.37. The standard InChI is InChI=1S/C14H22N4/c1-17-6-11-8-18(9-12(7-17)14(11)15)10-13-4-2-3-5-16-13/h2-5,11-12,14H,6-10,15H2,1H3. The molecule has 0 saturated carbocycles. The van der Waals surface area contributed by atoms with Crippen molar-refractivity contribution in [3.05, 3.63) is 30.1 Å². The topological polar surface area (TPSA) is 45.4 Å². The molecule has 0 radical (unpaired) electrons. The van der Waals surface area contributed by atoms with Crippen LogP contribution in [0.15, 0.2) is 24.4 Å². The summed E-state index contributed by atoms with van der Waals surface area (Å²) >= 11 is 0. The molecular formula is C14H22N4. The van der Waals surface area contributed by atoms with Crippen LogP contribution in [0.1, 0.15) is 5.69 Å². The van der Waals surface area contributed by atoms with Gasteiger partial charge in [0.05, 0.1) is 5.69 Å². The molecule has 3 heterocycles. The van der Waals surface area contributed by atoms with Crippen molar-refractivity contribution in [2.24, 2.45) is 17.6 Å². The molecule has 2 bridgehead atoms. The Balaban J connectivity index is 1.67. The highest BCUT2D eigenvalue weighted by Gasteiger charge is 2.39. The van der Waals surface area contributed by atoms with Crippen LogP contribution >= 0.6 is 0 Å². The number of hydrogen-bond donors (Lipinski definition) is 1. The number of aromatic nitrogens is 1.